The van der Waals surface area contributed by atoms with Gasteiger partial charge in [-0.3, -0.25) is 4.57 Å². The largest absolute Gasteiger partial charge is 0.343 e. The van der Waals surface area contributed by atoms with E-state index in [4.69, 9.17) is 9.05 Å². The zero-order valence-corrected chi connectivity index (χ0v) is 13.6. The fraction of sp³-hybridized carbons (Fsp3) is 1.00. The van der Waals surface area contributed by atoms with Gasteiger partial charge in [-0.25, -0.2) is 0 Å². The average Bonchev–Trinajstić information content (AvgIpc) is 2.15. The first-order valence-electron chi connectivity index (χ1n) is 6.40. The van der Waals surface area contributed by atoms with Crippen molar-refractivity contribution in [3.63, 3.8) is 0 Å². The molecular formula is C12H27O3PS. The van der Waals surface area contributed by atoms with E-state index in [1.54, 1.807) is 11.8 Å². The lowest BCUT2D eigenvalue weighted by Crippen LogP contribution is -2.14. The van der Waals surface area contributed by atoms with Crippen molar-refractivity contribution < 1.29 is 13.6 Å². The molecule has 104 valence electrons. The highest BCUT2D eigenvalue weighted by atomic mass is 32.2. The van der Waals surface area contributed by atoms with Gasteiger partial charge >= 0.3 is 7.60 Å². The van der Waals surface area contributed by atoms with Gasteiger partial charge in [0.2, 0.25) is 0 Å². The third-order valence-electron chi connectivity index (χ3n) is 2.02. The van der Waals surface area contributed by atoms with E-state index in [2.05, 4.69) is 6.92 Å². The quantitative estimate of drug-likeness (QED) is 0.444. The molecule has 17 heavy (non-hydrogen) atoms. The van der Waals surface area contributed by atoms with Crippen LogP contribution in [-0.4, -0.2) is 23.0 Å². The Balaban J connectivity index is 4.49. The number of hydrogen-bond donors (Lipinski definition) is 0. The van der Waals surface area contributed by atoms with Crippen molar-refractivity contribution in [2.75, 3.05) is 5.75 Å². The van der Waals surface area contributed by atoms with Crippen molar-refractivity contribution in [2.24, 2.45) is 0 Å². The first-order valence-corrected chi connectivity index (χ1v) is 9.06. The standard InChI is InChI=1S/C12H27O3PS/c1-7-8-9-17-12(6)16(13,14-10(2)3)15-11(4)5/h10-12H,7-9H2,1-6H3. The van der Waals surface area contributed by atoms with Gasteiger partial charge in [0.1, 0.15) is 4.99 Å². The average molecular weight is 282 g/mol. The fourth-order valence-corrected chi connectivity index (χ4v) is 4.98. The molecular weight excluding hydrogens is 255 g/mol. The molecule has 1 unspecified atom stereocenters. The third-order valence-corrected chi connectivity index (χ3v) is 6.57. The van der Waals surface area contributed by atoms with E-state index >= 15 is 0 Å². The molecule has 0 aromatic carbocycles. The van der Waals surface area contributed by atoms with Crippen molar-refractivity contribution in [3.8, 4) is 0 Å². The smallest absolute Gasteiger partial charge is 0.305 e. The van der Waals surface area contributed by atoms with Crippen LogP contribution in [0.1, 0.15) is 54.4 Å². The van der Waals surface area contributed by atoms with E-state index in [-0.39, 0.29) is 17.2 Å². The summed E-state index contributed by atoms with van der Waals surface area (Å²) in [6.45, 7) is 11.6. The Hall–Kier alpha value is 0.500. The first-order chi connectivity index (χ1) is 7.81. The molecule has 0 aromatic heterocycles. The van der Waals surface area contributed by atoms with Crippen LogP contribution in [0.2, 0.25) is 0 Å². The molecule has 0 rings (SSSR count). The van der Waals surface area contributed by atoms with E-state index in [1.165, 1.54) is 0 Å². The molecule has 0 amide bonds. The van der Waals surface area contributed by atoms with Crippen LogP contribution in [0.5, 0.6) is 0 Å². The minimum Gasteiger partial charge on any atom is -0.305 e. The fourth-order valence-electron chi connectivity index (χ4n) is 1.27. The molecule has 0 spiro atoms. The van der Waals surface area contributed by atoms with E-state index < -0.39 is 7.60 Å². The molecule has 0 radical (unpaired) electrons. The summed E-state index contributed by atoms with van der Waals surface area (Å²) in [6.07, 6.45) is 2.14. The Morgan fingerprint density at radius 1 is 1.06 bits per heavy atom. The van der Waals surface area contributed by atoms with Crippen LogP contribution < -0.4 is 0 Å². The topological polar surface area (TPSA) is 35.5 Å². The van der Waals surface area contributed by atoms with Crippen molar-refractivity contribution in [3.05, 3.63) is 0 Å². The molecule has 0 saturated carbocycles. The van der Waals surface area contributed by atoms with Gasteiger partial charge < -0.3 is 9.05 Å². The predicted octanol–water partition coefficient (Wildman–Crippen LogP) is 4.91. The van der Waals surface area contributed by atoms with E-state index in [0.717, 1.165) is 18.6 Å². The molecule has 0 aliphatic carbocycles. The van der Waals surface area contributed by atoms with Gasteiger partial charge in [0, 0.05) is 0 Å². The molecule has 0 aliphatic heterocycles. The van der Waals surface area contributed by atoms with E-state index in [0.29, 0.717) is 0 Å². The van der Waals surface area contributed by atoms with Crippen LogP contribution in [0.4, 0.5) is 0 Å². The Bertz CT molecular complexity index is 230. The summed E-state index contributed by atoms with van der Waals surface area (Å²) in [4.78, 5) is -0.0983. The highest BCUT2D eigenvalue weighted by Gasteiger charge is 2.34. The number of rotatable bonds is 9. The van der Waals surface area contributed by atoms with E-state index in [1.807, 2.05) is 34.6 Å². The highest BCUT2D eigenvalue weighted by Crippen LogP contribution is 2.58. The normalized spacial score (nSPS) is 14.6. The molecule has 0 fully saturated rings. The van der Waals surface area contributed by atoms with Crippen LogP contribution >= 0.6 is 19.4 Å². The Morgan fingerprint density at radius 2 is 1.53 bits per heavy atom. The second kappa shape index (κ2) is 8.58. The van der Waals surface area contributed by atoms with Crippen molar-refractivity contribution in [1.29, 1.82) is 0 Å². The zero-order chi connectivity index (χ0) is 13.5. The molecule has 0 bridgehead atoms. The minimum atomic E-state index is -3.00. The van der Waals surface area contributed by atoms with Crippen LogP contribution in [0.25, 0.3) is 0 Å². The van der Waals surface area contributed by atoms with Crippen LogP contribution in [0.3, 0.4) is 0 Å². The maximum atomic E-state index is 12.7. The summed E-state index contributed by atoms with van der Waals surface area (Å²) in [6, 6.07) is 0. The first kappa shape index (κ1) is 17.5. The predicted molar refractivity (Wildman–Crippen MR) is 76.9 cm³/mol. The molecule has 0 saturated heterocycles. The number of thioether (sulfide) groups is 1. The summed E-state index contributed by atoms with van der Waals surface area (Å²) >= 11 is 1.68. The lowest BCUT2D eigenvalue weighted by molar-refractivity contribution is 0.142. The molecule has 0 aromatic rings. The summed E-state index contributed by atoms with van der Waals surface area (Å²) in [7, 11) is -3.00. The SMILES string of the molecule is CCCCSC(C)P(=O)(OC(C)C)OC(C)C. The van der Waals surface area contributed by atoms with Gasteiger partial charge in [-0.15, -0.1) is 11.8 Å². The van der Waals surface area contributed by atoms with Crippen molar-refractivity contribution >= 4 is 19.4 Å². The van der Waals surface area contributed by atoms with Gasteiger partial charge in [0.25, 0.3) is 0 Å². The monoisotopic (exact) mass is 282 g/mol. The van der Waals surface area contributed by atoms with Gasteiger partial charge in [0.05, 0.1) is 12.2 Å². The Kier molecular flexibility index (Phi) is 8.83. The molecule has 5 heteroatoms. The van der Waals surface area contributed by atoms with Crippen LogP contribution in [0.15, 0.2) is 0 Å². The van der Waals surface area contributed by atoms with Crippen LogP contribution in [-0.2, 0) is 13.6 Å². The van der Waals surface area contributed by atoms with Crippen LogP contribution in [0, 0.1) is 0 Å². The van der Waals surface area contributed by atoms with Gasteiger partial charge in [-0.1, -0.05) is 13.3 Å². The summed E-state index contributed by atoms with van der Waals surface area (Å²) in [5, 5.41) is 0. The van der Waals surface area contributed by atoms with Gasteiger partial charge in [-0.05, 0) is 46.8 Å². The van der Waals surface area contributed by atoms with Gasteiger partial charge in [-0.2, -0.15) is 0 Å². The lowest BCUT2D eigenvalue weighted by Gasteiger charge is -2.27. The second-order valence-corrected chi connectivity index (χ2v) is 8.75. The van der Waals surface area contributed by atoms with E-state index in [9.17, 15) is 4.57 Å². The molecule has 0 N–H and O–H groups in total. The number of hydrogen-bond acceptors (Lipinski definition) is 4. The highest BCUT2D eigenvalue weighted by molar-refractivity contribution is 8.05. The summed E-state index contributed by atoms with van der Waals surface area (Å²) < 4.78 is 23.8. The second-order valence-electron chi connectivity index (χ2n) is 4.67. The Morgan fingerprint density at radius 3 is 1.88 bits per heavy atom. The minimum absolute atomic E-state index is 0.0752. The maximum Gasteiger partial charge on any atom is 0.343 e. The summed E-state index contributed by atoms with van der Waals surface area (Å²) in [5.74, 6) is 1.00. The molecule has 3 nitrogen and oxygen atoms in total. The third kappa shape index (κ3) is 7.50. The lowest BCUT2D eigenvalue weighted by atomic mass is 10.4. The zero-order valence-electron chi connectivity index (χ0n) is 11.9. The summed E-state index contributed by atoms with van der Waals surface area (Å²) in [5.41, 5.74) is 0. The number of unbranched alkanes of at least 4 members (excludes halogenated alkanes) is 1. The van der Waals surface area contributed by atoms with Crippen molar-refractivity contribution in [2.45, 2.75) is 71.6 Å². The Labute approximate surface area is 111 Å². The molecule has 1 atom stereocenters. The van der Waals surface area contributed by atoms with Crippen molar-refractivity contribution in [1.82, 2.24) is 0 Å². The molecule has 0 aliphatic rings. The maximum absolute atomic E-state index is 12.7. The van der Waals surface area contributed by atoms with Gasteiger partial charge in [0.15, 0.2) is 0 Å². The molecule has 0 heterocycles.